The SMILES string of the molecule is NC(=O)NCCNC(=O)C1CCCCC1C(=O)O. The van der Waals surface area contributed by atoms with E-state index in [0.717, 1.165) is 12.8 Å². The average molecular weight is 257 g/mol. The second-order valence-electron chi connectivity index (χ2n) is 4.42. The highest BCUT2D eigenvalue weighted by molar-refractivity contribution is 5.84. The normalized spacial score (nSPS) is 23.1. The van der Waals surface area contributed by atoms with Crippen molar-refractivity contribution in [1.82, 2.24) is 10.6 Å². The molecule has 1 rings (SSSR count). The molecule has 7 nitrogen and oxygen atoms in total. The van der Waals surface area contributed by atoms with Gasteiger partial charge in [0.25, 0.3) is 0 Å². The highest BCUT2D eigenvalue weighted by Gasteiger charge is 2.35. The first-order chi connectivity index (χ1) is 8.52. The van der Waals surface area contributed by atoms with Crippen LogP contribution in [-0.2, 0) is 9.59 Å². The third-order valence-corrected chi connectivity index (χ3v) is 3.14. The Hall–Kier alpha value is -1.79. The van der Waals surface area contributed by atoms with Crippen LogP contribution in [-0.4, -0.2) is 36.1 Å². The summed E-state index contributed by atoms with van der Waals surface area (Å²) in [6.45, 7) is 0.496. The molecule has 18 heavy (non-hydrogen) atoms. The summed E-state index contributed by atoms with van der Waals surface area (Å²) in [4.78, 5) is 33.3. The number of nitrogens with one attached hydrogen (secondary N) is 2. The topological polar surface area (TPSA) is 122 Å². The van der Waals surface area contributed by atoms with E-state index >= 15 is 0 Å². The van der Waals surface area contributed by atoms with Gasteiger partial charge in [-0.1, -0.05) is 12.8 Å². The van der Waals surface area contributed by atoms with Crippen LogP contribution in [0.1, 0.15) is 25.7 Å². The van der Waals surface area contributed by atoms with Gasteiger partial charge >= 0.3 is 12.0 Å². The van der Waals surface area contributed by atoms with Crippen molar-refractivity contribution < 1.29 is 19.5 Å². The second kappa shape index (κ2) is 6.83. The van der Waals surface area contributed by atoms with E-state index in [9.17, 15) is 14.4 Å². The first-order valence-corrected chi connectivity index (χ1v) is 6.06. The van der Waals surface area contributed by atoms with E-state index in [2.05, 4.69) is 10.6 Å². The molecular weight excluding hydrogens is 238 g/mol. The van der Waals surface area contributed by atoms with Gasteiger partial charge in [-0.05, 0) is 12.8 Å². The zero-order chi connectivity index (χ0) is 13.5. The number of carboxylic acid groups (broad SMARTS) is 1. The molecule has 1 fully saturated rings. The predicted molar refractivity (Wildman–Crippen MR) is 63.7 cm³/mol. The van der Waals surface area contributed by atoms with Crippen LogP contribution in [0.3, 0.4) is 0 Å². The molecule has 3 amide bonds. The fraction of sp³-hybridized carbons (Fsp3) is 0.727. The Labute approximate surface area is 105 Å². The van der Waals surface area contributed by atoms with Gasteiger partial charge in [0, 0.05) is 13.1 Å². The number of amides is 3. The molecule has 102 valence electrons. The summed E-state index contributed by atoms with van der Waals surface area (Å²) in [5.74, 6) is -2.23. The molecule has 0 heterocycles. The second-order valence-corrected chi connectivity index (χ2v) is 4.42. The molecule has 7 heteroatoms. The maximum absolute atomic E-state index is 11.8. The van der Waals surface area contributed by atoms with Crippen LogP contribution in [0.25, 0.3) is 0 Å². The van der Waals surface area contributed by atoms with Gasteiger partial charge in [-0.15, -0.1) is 0 Å². The van der Waals surface area contributed by atoms with Crippen LogP contribution in [0.4, 0.5) is 4.79 Å². The quantitative estimate of drug-likeness (QED) is 0.503. The molecule has 2 unspecified atom stereocenters. The van der Waals surface area contributed by atoms with Crippen molar-refractivity contribution in [2.45, 2.75) is 25.7 Å². The number of carboxylic acids is 1. The van der Waals surface area contributed by atoms with Gasteiger partial charge in [0.05, 0.1) is 11.8 Å². The van der Waals surface area contributed by atoms with Crippen molar-refractivity contribution in [1.29, 1.82) is 0 Å². The Morgan fingerprint density at radius 2 is 1.61 bits per heavy atom. The number of primary amides is 1. The minimum Gasteiger partial charge on any atom is -0.481 e. The fourth-order valence-electron chi connectivity index (χ4n) is 2.24. The number of hydrogen-bond acceptors (Lipinski definition) is 3. The van der Waals surface area contributed by atoms with E-state index in [1.807, 2.05) is 0 Å². The van der Waals surface area contributed by atoms with Gasteiger partial charge in [0.1, 0.15) is 0 Å². The molecule has 1 aliphatic rings. The van der Waals surface area contributed by atoms with Crippen LogP contribution >= 0.6 is 0 Å². The minimum absolute atomic E-state index is 0.242. The molecule has 0 aromatic heterocycles. The van der Waals surface area contributed by atoms with Crippen LogP contribution < -0.4 is 16.4 Å². The monoisotopic (exact) mass is 257 g/mol. The van der Waals surface area contributed by atoms with Gasteiger partial charge in [-0.25, -0.2) is 4.79 Å². The summed E-state index contributed by atoms with van der Waals surface area (Å²) in [5.41, 5.74) is 4.87. The summed E-state index contributed by atoms with van der Waals surface area (Å²) >= 11 is 0. The molecule has 2 atom stereocenters. The Kier molecular flexibility index (Phi) is 5.41. The molecule has 0 radical (unpaired) electrons. The summed E-state index contributed by atoms with van der Waals surface area (Å²) < 4.78 is 0. The highest BCUT2D eigenvalue weighted by atomic mass is 16.4. The molecule has 1 saturated carbocycles. The predicted octanol–water partition coefficient (Wildman–Crippen LogP) is -0.338. The lowest BCUT2D eigenvalue weighted by Crippen LogP contribution is -2.43. The van der Waals surface area contributed by atoms with Crippen LogP contribution in [0.2, 0.25) is 0 Å². The molecule has 1 aliphatic carbocycles. The number of urea groups is 1. The van der Waals surface area contributed by atoms with E-state index in [1.54, 1.807) is 0 Å². The third kappa shape index (κ3) is 4.23. The van der Waals surface area contributed by atoms with Crippen molar-refractivity contribution in [3.8, 4) is 0 Å². The van der Waals surface area contributed by atoms with E-state index < -0.39 is 23.8 Å². The first-order valence-electron chi connectivity index (χ1n) is 6.06. The molecule has 0 aromatic rings. The molecule has 0 saturated heterocycles. The average Bonchev–Trinajstić information content (AvgIpc) is 2.34. The number of hydrogen-bond donors (Lipinski definition) is 4. The molecule has 0 spiro atoms. The lowest BCUT2D eigenvalue weighted by molar-refractivity contribution is -0.148. The largest absolute Gasteiger partial charge is 0.481 e. The molecule has 0 bridgehead atoms. The van der Waals surface area contributed by atoms with Crippen LogP contribution in [0.15, 0.2) is 0 Å². The zero-order valence-electron chi connectivity index (χ0n) is 10.1. The molecular formula is C11H19N3O4. The lowest BCUT2D eigenvalue weighted by Gasteiger charge is -2.27. The third-order valence-electron chi connectivity index (χ3n) is 3.14. The fourth-order valence-corrected chi connectivity index (χ4v) is 2.24. The smallest absolute Gasteiger partial charge is 0.312 e. The van der Waals surface area contributed by atoms with Crippen molar-refractivity contribution >= 4 is 17.9 Å². The Morgan fingerprint density at radius 3 is 2.17 bits per heavy atom. The van der Waals surface area contributed by atoms with Gasteiger partial charge in [-0.2, -0.15) is 0 Å². The molecule has 0 aliphatic heterocycles. The van der Waals surface area contributed by atoms with Crippen molar-refractivity contribution in [2.75, 3.05) is 13.1 Å². The van der Waals surface area contributed by atoms with E-state index in [-0.39, 0.29) is 19.0 Å². The van der Waals surface area contributed by atoms with Gasteiger partial charge in [0.2, 0.25) is 5.91 Å². The summed E-state index contributed by atoms with van der Waals surface area (Å²) in [6, 6.07) is -0.648. The van der Waals surface area contributed by atoms with Gasteiger partial charge < -0.3 is 21.5 Å². The summed E-state index contributed by atoms with van der Waals surface area (Å²) in [7, 11) is 0. The summed E-state index contributed by atoms with van der Waals surface area (Å²) in [5, 5.41) is 14.0. The van der Waals surface area contributed by atoms with E-state index in [0.29, 0.717) is 12.8 Å². The Morgan fingerprint density at radius 1 is 1.06 bits per heavy atom. The van der Waals surface area contributed by atoms with E-state index in [4.69, 9.17) is 10.8 Å². The number of carbonyl (C=O) groups is 3. The van der Waals surface area contributed by atoms with E-state index in [1.165, 1.54) is 0 Å². The number of aliphatic carboxylic acids is 1. The lowest BCUT2D eigenvalue weighted by atomic mass is 9.79. The highest BCUT2D eigenvalue weighted by Crippen LogP contribution is 2.30. The Bertz CT molecular complexity index is 332. The number of rotatable bonds is 5. The number of carbonyl (C=O) groups excluding carboxylic acids is 2. The van der Waals surface area contributed by atoms with Crippen molar-refractivity contribution in [3.63, 3.8) is 0 Å². The molecule has 0 aromatic carbocycles. The molecule has 5 N–H and O–H groups in total. The van der Waals surface area contributed by atoms with Crippen LogP contribution in [0.5, 0.6) is 0 Å². The standard InChI is InChI=1S/C11H19N3O4/c12-11(18)14-6-5-13-9(15)7-3-1-2-4-8(7)10(16)17/h7-8H,1-6H2,(H,13,15)(H,16,17)(H3,12,14,18). The van der Waals surface area contributed by atoms with Gasteiger partial charge in [0.15, 0.2) is 0 Å². The first kappa shape index (κ1) is 14.3. The van der Waals surface area contributed by atoms with Crippen molar-refractivity contribution in [3.05, 3.63) is 0 Å². The van der Waals surface area contributed by atoms with Gasteiger partial charge in [-0.3, -0.25) is 9.59 Å². The maximum atomic E-state index is 11.8. The Balaban J connectivity index is 2.38. The van der Waals surface area contributed by atoms with Crippen LogP contribution in [0, 0.1) is 11.8 Å². The maximum Gasteiger partial charge on any atom is 0.312 e. The number of nitrogens with two attached hydrogens (primary N) is 1. The van der Waals surface area contributed by atoms with Crippen molar-refractivity contribution in [2.24, 2.45) is 17.6 Å². The zero-order valence-corrected chi connectivity index (χ0v) is 10.1. The summed E-state index contributed by atoms with van der Waals surface area (Å²) in [6.07, 6.45) is 2.88. The minimum atomic E-state index is -0.912.